The van der Waals surface area contributed by atoms with Gasteiger partial charge in [-0.15, -0.1) is 0 Å². The minimum absolute atomic E-state index is 0.0738. The van der Waals surface area contributed by atoms with Crippen molar-refractivity contribution in [2.75, 3.05) is 46.4 Å². The molecule has 170 valence electrons. The van der Waals surface area contributed by atoms with Crippen molar-refractivity contribution >= 4 is 15.6 Å². The second-order valence-electron chi connectivity index (χ2n) is 7.95. The lowest BCUT2D eigenvalue weighted by molar-refractivity contribution is -0.115. The summed E-state index contributed by atoms with van der Waals surface area (Å²) in [5.41, 5.74) is 0. The molecule has 0 spiro atoms. The van der Waals surface area contributed by atoms with Crippen LogP contribution in [0, 0.1) is 0 Å². The van der Waals surface area contributed by atoms with Crippen LogP contribution in [0.3, 0.4) is 0 Å². The highest BCUT2D eigenvalue weighted by Crippen LogP contribution is 2.45. The van der Waals surface area contributed by atoms with E-state index in [1.165, 1.54) is 14.2 Å². The number of aliphatic hydroxyl groups excluding tert-OH is 3. The minimum atomic E-state index is -2.35. The van der Waals surface area contributed by atoms with Gasteiger partial charge in [0.15, 0.2) is 0 Å². The molecule has 6 atom stereocenters. The molecule has 0 fully saturated rings. The van der Waals surface area contributed by atoms with Crippen molar-refractivity contribution < 1.29 is 38.7 Å². The fourth-order valence-corrected chi connectivity index (χ4v) is 6.00. The molecule has 0 aliphatic heterocycles. The second kappa shape index (κ2) is 13.5. The summed E-state index contributed by atoms with van der Waals surface area (Å²) in [5.74, 6) is 0. The first-order valence-corrected chi connectivity index (χ1v) is 12.9. The highest BCUT2D eigenvalue weighted by molar-refractivity contribution is 7.46. The summed E-state index contributed by atoms with van der Waals surface area (Å²) in [7, 11) is -1.54. The standard InChI is InChI=1S/C18H40O8P2/c1-14(11-19)26-13-17(2,3)27(22)9-7-8-10-28(23)18(4,25-6)16(21)15(12-20)24-5/h14-16,19-21,27-28H,7-13H2,1-6H3. The molecule has 0 bridgehead atoms. The van der Waals surface area contributed by atoms with Crippen LogP contribution in [0.5, 0.6) is 0 Å². The van der Waals surface area contributed by atoms with Crippen LogP contribution in [0.15, 0.2) is 0 Å². The number of rotatable bonds is 16. The van der Waals surface area contributed by atoms with E-state index < -0.39 is 44.9 Å². The second-order valence-corrected chi connectivity index (χ2v) is 13.0. The Morgan fingerprint density at radius 3 is 1.93 bits per heavy atom. The summed E-state index contributed by atoms with van der Waals surface area (Å²) in [6.07, 6.45) is -0.264. The van der Waals surface area contributed by atoms with Gasteiger partial charge in [-0.25, -0.2) is 0 Å². The van der Waals surface area contributed by atoms with Gasteiger partial charge >= 0.3 is 0 Å². The van der Waals surface area contributed by atoms with Gasteiger partial charge in [-0.1, -0.05) is 13.8 Å². The van der Waals surface area contributed by atoms with E-state index in [2.05, 4.69) is 0 Å². The highest BCUT2D eigenvalue weighted by Gasteiger charge is 2.43. The molecular formula is C18H40O8P2. The first kappa shape index (κ1) is 28.2. The fraction of sp³-hybridized carbons (Fsp3) is 1.00. The molecular weight excluding hydrogens is 406 g/mol. The van der Waals surface area contributed by atoms with Crippen LogP contribution >= 0.6 is 15.6 Å². The molecule has 0 amide bonds. The maximum absolute atomic E-state index is 12.8. The Bertz CT molecular complexity index is 484. The lowest BCUT2D eigenvalue weighted by Crippen LogP contribution is -2.48. The van der Waals surface area contributed by atoms with E-state index in [1.807, 2.05) is 13.8 Å². The lowest BCUT2D eigenvalue weighted by atomic mass is 10.1. The van der Waals surface area contributed by atoms with E-state index in [0.29, 0.717) is 31.8 Å². The third kappa shape index (κ3) is 8.53. The molecule has 0 aromatic carbocycles. The molecule has 0 aromatic heterocycles. The van der Waals surface area contributed by atoms with Crippen LogP contribution in [0.2, 0.25) is 0 Å². The Balaban J connectivity index is 4.57. The fourth-order valence-electron chi connectivity index (χ4n) is 2.70. The van der Waals surface area contributed by atoms with Crippen LogP contribution in [0.25, 0.3) is 0 Å². The number of aliphatic hydroxyl groups is 3. The topological polar surface area (TPSA) is 123 Å². The van der Waals surface area contributed by atoms with Crippen molar-refractivity contribution in [2.24, 2.45) is 0 Å². The van der Waals surface area contributed by atoms with Gasteiger partial charge in [0.1, 0.15) is 25.4 Å². The van der Waals surface area contributed by atoms with E-state index in [4.69, 9.17) is 19.3 Å². The van der Waals surface area contributed by atoms with Crippen LogP contribution in [-0.2, 0) is 23.3 Å². The average molecular weight is 446 g/mol. The number of hydrogen-bond donors (Lipinski definition) is 3. The van der Waals surface area contributed by atoms with Gasteiger partial charge in [-0.3, -0.25) is 0 Å². The van der Waals surface area contributed by atoms with Crippen LogP contribution < -0.4 is 0 Å². The molecule has 3 N–H and O–H groups in total. The molecule has 10 heteroatoms. The minimum Gasteiger partial charge on any atom is -0.394 e. The molecule has 0 aliphatic rings. The average Bonchev–Trinajstić information content (AvgIpc) is 2.68. The van der Waals surface area contributed by atoms with Gasteiger partial charge < -0.3 is 38.7 Å². The van der Waals surface area contributed by atoms with Gasteiger partial charge in [0.2, 0.25) is 0 Å². The summed E-state index contributed by atoms with van der Waals surface area (Å²) in [4.78, 5) is 0. The normalized spacial score (nSPS) is 20.2. The van der Waals surface area contributed by atoms with E-state index in [-0.39, 0.29) is 12.7 Å². The lowest BCUT2D eigenvalue weighted by Gasteiger charge is -2.36. The molecule has 0 radical (unpaired) electrons. The summed E-state index contributed by atoms with van der Waals surface area (Å²) >= 11 is 0. The van der Waals surface area contributed by atoms with E-state index in [9.17, 15) is 19.3 Å². The maximum atomic E-state index is 12.8. The number of hydrogen-bond acceptors (Lipinski definition) is 8. The maximum Gasteiger partial charge on any atom is 0.143 e. The zero-order valence-corrected chi connectivity index (χ0v) is 20.1. The molecule has 0 aliphatic carbocycles. The monoisotopic (exact) mass is 446 g/mol. The summed E-state index contributed by atoms with van der Waals surface area (Å²) < 4.78 is 41.3. The Hall–Kier alpha value is 0.220. The Morgan fingerprint density at radius 1 is 0.964 bits per heavy atom. The molecule has 8 nitrogen and oxygen atoms in total. The van der Waals surface area contributed by atoms with E-state index in [0.717, 1.165) is 0 Å². The third-order valence-electron chi connectivity index (χ3n) is 5.18. The van der Waals surface area contributed by atoms with Crippen molar-refractivity contribution in [1.29, 1.82) is 0 Å². The van der Waals surface area contributed by atoms with Crippen LogP contribution in [0.1, 0.15) is 40.5 Å². The Labute approximate surface area is 170 Å². The molecule has 28 heavy (non-hydrogen) atoms. The molecule has 6 unspecified atom stereocenters. The van der Waals surface area contributed by atoms with Gasteiger partial charge in [0, 0.05) is 25.5 Å². The van der Waals surface area contributed by atoms with Gasteiger partial charge in [-0.2, -0.15) is 0 Å². The zero-order chi connectivity index (χ0) is 22.0. The van der Waals surface area contributed by atoms with Crippen molar-refractivity contribution in [3.63, 3.8) is 0 Å². The summed E-state index contributed by atoms with van der Waals surface area (Å²) in [6.45, 7) is 6.94. The quantitative estimate of drug-likeness (QED) is 0.242. The van der Waals surface area contributed by atoms with E-state index in [1.54, 1.807) is 13.8 Å². The van der Waals surface area contributed by atoms with Crippen molar-refractivity contribution in [3.8, 4) is 0 Å². The number of ether oxygens (including phenoxy) is 3. The predicted octanol–water partition coefficient (Wildman–Crippen LogP) is 1.79. The van der Waals surface area contributed by atoms with Gasteiger partial charge in [-0.05, 0) is 32.9 Å². The third-order valence-corrected chi connectivity index (χ3v) is 10.1. The largest absolute Gasteiger partial charge is 0.394 e. The van der Waals surface area contributed by atoms with Crippen molar-refractivity contribution in [1.82, 2.24) is 0 Å². The molecule has 0 saturated carbocycles. The van der Waals surface area contributed by atoms with Gasteiger partial charge in [0.05, 0.1) is 33.7 Å². The van der Waals surface area contributed by atoms with E-state index >= 15 is 0 Å². The zero-order valence-electron chi connectivity index (χ0n) is 18.1. The number of methoxy groups -OCH3 is 2. The highest BCUT2D eigenvalue weighted by atomic mass is 31.1. The first-order valence-electron chi connectivity index (χ1n) is 9.66. The molecule has 0 heterocycles. The van der Waals surface area contributed by atoms with Crippen molar-refractivity contribution in [2.45, 2.75) is 69.3 Å². The Morgan fingerprint density at radius 2 is 1.50 bits per heavy atom. The summed E-state index contributed by atoms with van der Waals surface area (Å²) in [6, 6.07) is 0. The van der Waals surface area contributed by atoms with Crippen molar-refractivity contribution in [3.05, 3.63) is 0 Å². The molecule has 0 rings (SSSR count). The SMILES string of the molecule is COC(CO)C(O)C(C)(OC)[PH](=O)CCCC[PH](=O)C(C)(C)COC(C)CO. The van der Waals surface area contributed by atoms with Crippen LogP contribution in [0.4, 0.5) is 0 Å². The molecule has 0 aromatic rings. The molecule has 0 saturated heterocycles. The van der Waals surface area contributed by atoms with Gasteiger partial charge in [0.25, 0.3) is 0 Å². The summed E-state index contributed by atoms with van der Waals surface area (Å²) in [5, 5.41) is 27.0. The predicted molar refractivity (Wildman–Crippen MR) is 113 cm³/mol. The smallest absolute Gasteiger partial charge is 0.143 e. The Kier molecular flexibility index (Phi) is 13.6. The van der Waals surface area contributed by atoms with Crippen LogP contribution in [-0.4, -0.2) is 90.5 Å². The number of unbranched alkanes of at least 4 members (excludes halogenated alkanes) is 1. The first-order chi connectivity index (χ1) is 13.0.